The third-order valence-electron chi connectivity index (χ3n) is 3.41. The standard InChI is InChI=1S/C18H19FN2O4/c1-11-4-5-14(10-16(11)19)20-17(22)12(2)25-15-8-6-13(7-9-15)21-18(23)24-3/h4-10,12H,1-3H3,(H,20,22)(H,21,23). The monoisotopic (exact) mass is 346 g/mol. The van der Waals surface area contributed by atoms with Crippen molar-refractivity contribution in [1.82, 2.24) is 0 Å². The Morgan fingerprint density at radius 2 is 1.68 bits per heavy atom. The number of hydrogen-bond donors (Lipinski definition) is 2. The topological polar surface area (TPSA) is 76.7 Å². The van der Waals surface area contributed by atoms with Crippen LogP contribution in [-0.2, 0) is 9.53 Å². The van der Waals surface area contributed by atoms with Crippen LogP contribution < -0.4 is 15.4 Å². The second-order valence-corrected chi connectivity index (χ2v) is 5.35. The molecule has 0 spiro atoms. The van der Waals surface area contributed by atoms with E-state index < -0.39 is 18.1 Å². The summed E-state index contributed by atoms with van der Waals surface area (Å²) < 4.78 is 23.5. The second-order valence-electron chi connectivity index (χ2n) is 5.35. The summed E-state index contributed by atoms with van der Waals surface area (Å²) in [6.07, 6.45) is -1.37. The molecular weight excluding hydrogens is 327 g/mol. The number of rotatable bonds is 5. The highest BCUT2D eigenvalue weighted by molar-refractivity contribution is 5.94. The third-order valence-corrected chi connectivity index (χ3v) is 3.41. The molecule has 0 heterocycles. The third kappa shape index (κ3) is 5.20. The highest BCUT2D eigenvalue weighted by atomic mass is 19.1. The number of halogens is 1. The SMILES string of the molecule is COC(=O)Nc1ccc(OC(C)C(=O)Nc2ccc(C)c(F)c2)cc1. The maximum absolute atomic E-state index is 13.5. The summed E-state index contributed by atoms with van der Waals surface area (Å²) in [5.41, 5.74) is 1.40. The first-order valence-electron chi connectivity index (χ1n) is 7.57. The Kier molecular flexibility index (Phi) is 5.94. The molecule has 0 aliphatic heterocycles. The molecule has 2 aromatic carbocycles. The maximum Gasteiger partial charge on any atom is 0.411 e. The number of amides is 2. The molecule has 2 N–H and O–H groups in total. The van der Waals surface area contributed by atoms with Crippen LogP contribution in [0.1, 0.15) is 12.5 Å². The van der Waals surface area contributed by atoms with Gasteiger partial charge in [0.25, 0.3) is 5.91 Å². The average Bonchev–Trinajstić information content (AvgIpc) is 2.59. The average molecular weight is 346 g/mol. The summed E-state index contributed by atoms with van der Waals surface area (Å²) in [7, 11) is 1.27. The molecule has 7 heteroatoms. The van der Waals surface area contributed by atoms with Gasteiger partial charge in [-0.05, 0) is 55.8 Å². The fourth-order valence-corrected chi connectivity index (χ4v) is 1.96. The minimum atomic E-state index is -0.788. The maximum atomic E-state index is 13.5. The van der Waals surface area contributed by atoms with E-state index in [0.717, 1.165) is 0 Å². The van der Waals surface area contributed by atoms with E-state index in [2.05, 4.69) is 15.4 Å². The first-order chi connectivity index (χ1) is 11.9. The molecule has 2 amide bonds. The minimum Gasteiger partial charge on any atom is -0.481 e. The van der Waals surface area contributed by atoms with Crippen LogP contribution in [0.4, 0.5) is 20.6 Å². The summed E-state index contributed by atoms with van der Waals surface area (Å²) in [5.74, 6) is -0.340. The molecule has 0 bridgehead atoms. The van der Waals surface area contributed by atoms with Gasteiger partial charge in [-0.15, -0.1) is 0 Å². The van der Waals surface area contributed by atoms with Crippen molar-refractivity contribution in [3.8, 4) is 5.75 Å². The molecule has 0 saturated heterocycles. The van der Waals surface area contributed by atoms with Gasteiger partial charge < -0.3 is 14.8 Å². The second kappa shape index (κ2) is 8.14. The lowest BCUT2D eigenvalue weighted by Gasteiger charge is -2.15. The van der Waals surface area contributed by atoms with Crippen LogP contribution >= 0.6 is 0 Å². The first-order valence-corrected chi connectivity index (χ1v) is 7.57. The van der Waals surface area contributed by atoms with E-state index in [1.54, 1.807) is 50.2 Å². The highest BCUT2D eigenvalue weighted by Crippen LogP contribution is 2.18. The number of carbonyl (C=O) groups excluding carboxylic acids is 2. The highest BCUT2D eigenvalue weighted by Gasteiger charge is 2.15. The number of ether oxygens (including phenoxy) is 2. The molecule has 25 heavy (non-hydrogen) atoms. The molecule has 2 aromatic rings. The number of benzene rings is 2. The van der Waals surface area contributed by atoms with Gasteiger partial charge in [0.15, 0.2) is 6.10 Å². The van der Waals surface area contributed by atoms with Crippen molar-refractivity contribution in [1.29, 1.82) is 0 Å². The fraction of sp³-hybridized carbons (Fsp3) is 0.222. The molecule has 1 unspecified atom stereocenters. The zero-order valence-corrected chi connectivity index (χ0v) is 14.1. The van der Waals surface area contributed by atoms with E-state index in [-0.39, 0.29) is 5.82 Å². The van der Waals surface area contributed by atoms with Crippen molar-refractivity contribution < 1.29 is 23.5 Å². The molecule has 0 radical (unpaired) electrons. The Balaban J connectivity index is 1.94. The van der Waals surface area contributed by atoms with Crippen LogP contribution in [0.2, 0.25) is 0 Å². The van der Waals surface area contributed by atoms with Crippen molar-refractivity contribution in [2.24, 2.45) is 0 Å². The molecule has 0 fully saturated rings. The van der Waals surface area contributed by atoms with Gasteiger partial charge in [0.2, 0.25) is 0 Å². The predicted octanol–water partition coefficient (Wildman–Crippen LogP) is 3.72. The Hall–Kier alpha value is -3.09. The molecule has 0 saturated carbocycles. The summed E-state index contributed by atoms with van der Waals surface area (Å²) in [5, 5.41) is 5.10. The minimum absolute atomic E-state index is 0.362. The van der Waals surface area contributed by atoms with Crippen LogP contribution in [0.5, 0.6) is 5.75 Å². The van der Waals surface area contributed by atoms with Gasteiger partial charge in [-0.1, -0.05) is 6.07 Å². The quantitative estimate of drug-likeness (QED) is 0.865. The number of methoxy groups -OCH3 is 1. The molecular formula is C18H19FN2O4. The molecule has 0 aromatic heterocycles. The number of hydrogen-bond acceptors (Lipinski definition) is 4. The summed E-state index contributed by atoms with van der Waals surface area (Å²) >= 11 is 0. The van der Waals surface area contributed by atoms with Crippen LogP contribution in [-0.4, -0.2) is 25.2 Å². The smallest absolute Gasteiger partial charge is 0.411 e. The van der Waals surface area contributed by atoms with Crippen LogP contribution in [0, 0.1) is 12.7 Å². The first kappa shape index (κ1) is 18.3. The molecule has 132 valence electrons. The lowest BCUT2D eigenvalue weighted by molar-refractivity contribution is -0.122. The van der Waals surface area contributed by atoms with Crippen LogP contribution in [0.25, 0.3) is 0 Å². The summed E-state index contributed by atoms with van der Waals surface area (Å²) in [4.78, 5) is 23.2. The molecule has 1 atom stereocenters. The van der Waals surface area contributed by atoms with Crippen molar-refractivity contribution in [3.63, 3.8) is 0 Å². The van der Waals surface area contributed by atoms with Gasteiger partial charge in [-0.25, -0.2) is 9.18 Å². The van der Waals surface area contributed by atoms with Crippen LogP contribution in [0.15, 0.2) is 42.5 Å². The number of anilines is 2. The van der Waals surface area contributed by atoms with E-state index in [0.29, 0.717) is 22.7 Å². The van der Waals surface area contributed by atoms with E-state index in [1.165, 1.54) is 13.2 Å². The predicted molar refractivity (Wildman–Crippen MR) is 92.3 cm³/mol. The molecule has 0 aliphatic rings. The largest absolute Gasteiger partial charge is 0.481 e. The van der Waals surface area contributed by atoms with Gasteiger partial charge in [0.1, 0.15) is 11.6 Å². The summed E-state index contributed by atoms with van der Waals surface area (Å²) in [6, 6.07) is 10.9. The zero-order valence-electron chi connectivity index (χ0n) is 14.1. The molecule has 0 aliphatic carbocycles. The number of aryl methyl sites for hydroxylation is 1. The van der Waals surface area contributed by atoms with Crippen molar-refractivity contribution in [3.05, 3.63) is 53.8 Å². The number of carbonyl (C=O) groups is 2. The molecule has 6 nitrogen and oxygen atoms in total. The van der Waals surface area contributed by atoms with Gasteiger partial charge in [-0.3, -0.25) is 10.1 Å². The van der Waals surface area contributed by atoms with Gasteiger partial charge in [-0.2, -0.15) is 0 Å². The van der Waals surface area contributed by atoms with Gasteiger partial charge >= 0.3 is 6.09 Å². The Labute approximate surface area is 144 Å². The Morgan fingerprint density at radius 3 is 2.28 bits per heavy atom. The lowest BCUT2D eigenvalue weighted by Crippen LogP contribution is -2.30. The van der Waals surface area contributed by atoms with E-state index in [4.69, 9.17) is 4.74 Å². The molecule has 2 rings (SSSR count). The zero-order chi connectivity index (χ0) is 18.4. The number of nitrogens with one attached hydrogen (secondary N) is 2. The van der Waals surface area contributed by atoms with Gasteiger partial charge in [0.05, 0.1) is 7.11 Å². The summed E-state index contributed by atoms with van der Waals surface area (Å²) in [6.45, 7) is 3.23. The lowest BCUT2D eigenvalue weighted by atomic mass is 10.2. The Bertz CT molecular complexity index is 762. The fourth-order valence-electron chi connectivity index (χ4n) is 1.96. The van der Waals surface area contributed by atoms with Gasteiger partial charge in [0, 0.05) is 11.4 Å². The Morgan fingerprint density at radius 1 is 1.04 bits per heavy atom. The van der Waals surface area contributed by atoms with E-state index >= 15 is 0 Å². The van der Waals surface area contributed by atoms with Crippen molar-refractivity contribution in [2.75, 3.05) is 17.7 Å². The van der Waals surface area contributed by atoms with Crippen LogP contribution in [0.3, 0.4) is 0 Å². The normalized spacial score (nSPS) is 11.4. The van der Waals surface area contributed by atoms with E-state index in [9.17, 15) is 14.0 Å². The van der Waals surface area contributed by atoms with Crippen molar-refractivity contribution >= 4 is 23.4 Å². The van der Waals surface area contributed by atoms with E-state index in [1.807, 2.05) is 0 Å². The van der Waals surface area contributed by atoms with Crippen molar-refractivity contribution in [2.45, 2.75) is 20.0 Å².